The number of benzene rings is 2. The number of amides is 2. The van der Waals surface area contributed by atoms with Crippen molar-refractivity contribution in [1.82, 2.24) is 10.6 Å². The second kappa shape index (κ2) is 9.65. The third kappa shape index (κ3) is 5.02. The monoisotopic (exact) mass is 452 g/mol. The fourth-order valence-corrected chi connectivity index (χ4v) is 4.53. The molecule has 1 aliphatic carbocycles. The van der Waals surface area contributed by atoms with Crippen LogP contribution in [0.5, 0.6) is 0 Å². The van der Waals surface area contributed by atoms with Gasteiger partial charge in [0.05, 0.1) is 5.41 Å². The molecule has 0 aliphatic heterocycles. The van der Waals surface area contributed by atoms with Gasteiger partial charge < -0.3 is 20.5 Å². The lowest BCUT2D eigenvalue weighted by atomic mass is 9.77. The number of carboxylic acids is 1. The van der Waals surface area contributed by atoms with Crippen molar-refractivity contribution in [2.45, 2.75) is 52.6 Å². The van der Waals surface area contributed by atoms with Gasteiger partial charge in [-0.2, -0.15) is 0 Å². The third-order valence-electron chi connectivity index (χ3n) is 6.36. The van der Waals surface area contributed by atoms with Gasteiger partial charge in [0.2, 0.25) is 5.91 Å². The SMILES string of the molecule is CC(C)C(NC(=O)OCC1c2ccccc2-c2ccccc21)C(C)(C)C(=O)N[C@@H](C)C(=O)O. The second-order valence-corrected chi connectivity index (χ2v) is 9.45. The van der Waals surface area contributed by atoms with Gasteiger partial charge >= 0.3 is 12.1 Å². The summed E-state index contributed by atoms with van der Waals surface area (Å²) >= 11 is 0. The Hall–Kier alpha value is -3.35. The van der Waals surface area contributed by atoms with Crippen LogP contribution in [0, 0.1) is 11.3 Å². The molecule has 176 valence electrons. The maximum atomic E-state index is 12.8. The third-order valence-corrected chi connectivity index (χ3v) is 6.36. The molecule has 3 rings (SSSR count). The highest BCUT2D eigenvalue weighted by Crippen LogP contribution is 2.44. The second-order valence-electron chi connectivity index (χ2n) is 9.45. The molecule has 3 N–H and O–H groups in total. The van der Waals surface area contributed by atoms with Crippen LogP contribution in [0.25, 0.3) is 11.1 Å². The molecule has 0 fully saturated rings. The zero-order valence-corrected chi connectivity index (χ0v) is 19.7. The molecule has 33 heavy (non-hydrogen) atoms. The van der Waals surface area contributed by atoms with E-state index in [2.05, 4.69) is 34.9 Å². The number of nitrogens with one attached hydrogen (secondary N) is 2. The molecule has 0 saturated carbocycles. The predicted octanol–water partition coefficient (Wildman–Crippen LogP) is 4.17. The molecular formula is C26H32N2O5. The fraction of sp³-hybridized carbons (Fsp3) is 0.423. The van der Waals surface area contributed by atoms with Crippen LogP contribution in [0.15, 0.2) is 48.5 Å². The van der Waals surface area contributed by atoms with Gasteiger partial charge in [-0.1, -0.05) is 62.4 Å². The van der Waals surface area contributed by atoms with E-state index >= 15 is 0 Å². The van der Waals surface area contributed by atoms with Crippen LogP contribution in [-0.2, 0) is 14.3 Å². The van der Waals surface area contributed by atoms with E-state index in [1.54, 1.807) is 13.8 Å². The van der Waals surface area contributed by atoms with Crippen LogP contribution in [-0.4, -0.2) is 41.8 Å². The normalized spacial score (nSPS) is 14.7. The molecule has 7 heteroatoms. The molecule has 0 aromatic heterocycles. The van der Waals surface area contributed by atoms with Crippen LogP contribution in [0.1, 0.15) is 51.7 Å². The van der Waals surface area contributed by atoms with E-state index in [9.17, 15) is 14.4 Å². The standard InChI is InChI=1S/C26H32N2O5/c1-15(2)22(26(4,5)24(31)27-16(3)23(29)30)28-25(32)33-14-21-19-12-8-6-10-17(19)18-11-7-9-13-20(18)21/h6-13,15-16,21-22H,14H2,1-5H3,(H,27,31)(H,28,32)(H,29,30)/t16-,22?/m0/s1. The van der Waals surface area contributed by atoms with Gasteiger partial charge in [-0.3, -0.25) is 9.59 Å². The minimum Gasteiger partial charge on any atom is -0.480 e. The van der Waals surface area contributed by atoms with Gasteiger partial charge in [0, 0.05) is 12.0 Å². The zero-order valence-electron chi connectivity index (χ0n) is 19.7. The van der Waals surface area contributed by atoms with E-state index in [0.717, 1.165) is 22.3 Å². The first kappa shape index (κ1) is 24.3. The lowest BCUT2D eigenvalue weighted by Crippen LogP contribution is -2.57. The largest absolute Gasteiger partial charge is 0.480 e. The number of fused-ring (bicyclic) bond motifs is 3. The smallest absolute Gasteiger partial charge is 0.407 e. The van der Waals surface area contributed by atoms with Crippen molar-refractivity contribution in [3.05, 3.63) is 59.7 Å². The van der Waals surface area contributed by atoms with Crippen molar-refractivity contribution in [2.75, 3.05) is 6.61 Å². The molecule has 0 heterocycles. The highest BCUT2D eigenvalue weighted by atomic mass is 16.5. The van der Waals surface area contributed by atoms with Gasteiger partial charge in [0.1, 0.15) is 12.6 Å². The van der Waals surface area contributed by atoms with Crippen LogP contribution < -0.4 is 10.6 Å². The van der Waals surface area contributed by atoms with E-state index in [0.29, 0.717) is 0 Å². The number of alkyl carbamates (subject to hydrolysis) is 1. The fourth-order valence-electron chi connectivity index (χ4n) is 4.53. The van der Waals surface area contributed by atoms with E-state index in [1.807, 2.05) is 38.1 Å². The Labute approximate surface area is 194 Å². The number of hydrogen-bond donors (Lipinski definition) is 3. The van der Waals surface area contributed by atoms with Crippen LogP contribution >= 0.6 is 0 Å². The van der Waals surface area contributed by atoms with Crippen molar-refractivity contribution in [2.24, 2.45) is 11.3 Å². The maximum Gasteiger partial charge on any atom is 0.407 e. The van der Waals surface area contributed by atoms with E-state index in [4.69, 9.17) is 9.84 Å². The number of carboxylic acid groups (broad SMARTS) is 1. The molecule has 0 bridgehead atoms. The topological polar surface area (TPSA) is 105 Å². The summed E-state index contributed by atoms with van der Waals surface area (Å²) in [5.41, 5.74) is 3.48. The number of aliphatic carboxylic acids is 1. The molecule has 7 nitrogen and oxygen atoms in total. The lowest BCUT2D eigenvalue weighted by molar-refractivity contribution is -0.143. The Morgan fingerprint density at radius 2 is 1.45 bits per heavy atom. The summed E-state index contributed by atoms with van der Waals surface area (Å²) in [7, 11) is 0. The molecule has 2 amide bonds. The highest BCUT2D eigenvalue weighted by Gasteiger charge is 2.41. The van der Waals surface area contributed by atoms with Crippen LogP contribution in [0.3, 0.4) is 0 Å². The van der Waals surface area contributed by atoms with Crippen molar-refractivity contribution in [1.29, 1.82) is 0 Å². The molecule has 1 aliphatic rings. The average molecular weight is 453 g/mol. The molecular weight excluding hydrogens is 420 g/mol. The Balaban J connectivity index is 1.70. The Kier molecular flexibility index (Phi) is 7.10. The molecule has 2 aromatic rings. The number of ether oxygens (including phenoxy) is 1. The van der Waals surface area contributed by atoms with Crippen LogP contribution in [0.4, 0.5) is 4.79 Å². The minimum absolute atomic E-state index is 0.0617. The van der Waals surface area contributed by atoms with E-state index < -0.39 is 35.5 Å². The summed E-state index contributed by atoms with van der Waals surface area (Å²) in [5, 5.41) is 14.4. The van der Waals surface area contributed by atoms with Gasteiger partial charge in [-0.05, 0) is 48.9 Å². The molecule has 0 radical (unpaired) electrons. The van der Waals surface area contributed by atoms with Gasteiger partial charge in [0.25, 0.3) is 0 Å². The van der Waals surface area contributed by atoms with Crippen molar-refractivity contribution < 1.29 is 24.2 Å². The number of rotatable bonds is 8. The summed E-state index contributed by atoms with van der Waals surface area (Å²) in [4.78, 5) is 36.7. The highest BCUT2D eigenvalue weighted by molar-refractivity contribution is 5.88. The minimum atomic E-state index is -1.12. The lowest BCUT2D eigenvalue weighted by Gasteiger charge is -2.36. The molecule has 2 aromatic carbocycles. The molecule has 0 saturated heterocycles. The van der Waals surface area contributed by atoms with Gasteiger partial charge in [-0.25, -0.2) is 4.79 Å². The Bertz CT molecular complexity index is 1000. The van der Waals surface area contributed by atoms with Crippen molar-refractivity contribution >= 4 is 18.0 Å². The molecule has 2 atom stereocenters. The Morgan fingerprint density at radius 3 is 1.94 bits per heavy atom. The summed E-state index contributed by atoms with van der Waals surface area (Å²) in [6, 6.07) is 14.6. The summed E-state index contributed by atoms with van der Waals surface area (Å²) in [6.07, 6.45) is -0.609. The van der Waals surface area contributed by atoms with Gasteiger partial charge in [-0.15, -0.1) is 0 Å². The van der Waals surface area contributed by atoms with E-state index in [1.165, 1.54) is 6.92 Å². The van der Waals surface area contributed by atoms with Crippen molar-refractivity contribution in [3.8, 4) is 11.1 Å². The number of carbonyl (C=O) groups excluding carboxylic acids is 2. The number of hydrogen-bond acceptors (Lipinski definition) is 4. The Morgan fingerprint density at radius 1 is 0.939 bits per heavy atom. The van der Waals surface area contributed by atoms with Crippen molar-refractivity contribution in [3.63, 3.8) is 0 Å². The molecule has 0 spiro atoms. The quantitative estimate of drug-likeness (QED) is 0.558. The number of carbonyl (C=O) groups is 3. The first-order chi connectivity index (χ1) is 15.5. The summed E-state index contributed by atoms with van der Waals surface area (Å²) < 4.78 is 5.64. The average Bonchev–Trinajstić information content (AvgIpc) is 3.09. The van der Waals surface area contributed by atoms with Gasteiger partial charge in [0.15, 0.2) is 0 Å². The first-order valence-electron chi connectivity index (χ1n) is 11.2. The molecule has 1 unspecified atom stereocenters. The summed E-state index contributed by atoms with van der Waals surface area (Å²) in [5.74, 6) is -1.72. The summed E-state index contributed by atoms with van der Waals surface area (Å²) in [6.45, 7) is 8.73. The maximum absolute atomic E-state index is 12.8. The first-order valence-corrected chi connectivity index (χ1v) is 11.2. The van der Waals surface area contributed by atoms with E-state index in [-0.39, 0.29) is 18.4 Å². The van der Waals surface area contributed by atoms with Crippen LogP contribution in [0.2, 0.25) is 0 Å². The zero-order chi connectivity index (χ0) is 24.3. The predicted molar refractivity (Wildman–Crippen MR) is 126 cm³/mol.